The second-order valence-corrected chi connectivity index (χ2v) is 10.6. The minimum absolute atomic E-state index is 0.190. The van der Waals surface area contributed by atoms with E-state index in [4.69, 9.17) is 9.47 Å². The predicted molar refractivity (Wildman–Crippen MR) is 141 cm³/mol. The van der Waals surface area contributed by atoms with Crippen molar-refractivity contribution < 1.29 is 19.1 Å². The van der Waals surface area contributed by atoms with Gasteiger partial charge in [-0.15, -0.1) is 11.3 Å². The first-order chi connectivity index (χ1) is 17.2. The minimum Gasteiger partial charge on any atom is -0.379 e. The highest BCUT2D eigenvalue weighted by molar-refractivity contribution is 7.25. The highest BCUT2D eigenvalue weighted by Gasteiger charge is 2.15. The van der Waals surface area contributed by atoms with Gasteiger partial charge in [-0.1, -0.05) is 0 Å². The Morgan fingerprint density at radius 3 is 1.54 bits per heavy atom. The Balaban J connectivity index is 1.23. The number of ketones is 2. The maximum absolute atomic E-state index is 12.9. The lowest BCUT2D eigenvalue weighted by atomic mass is 10.0. The third-order valence-electron chi connectivity index (χ3n) is 7.08. The molecule has 0 spiro atoms. The monoisotopic (exact) mass is 494 g/mol. The number of hydrogen-bond donors (Lipinski definition) is 0. The Labute approximate surface area is 210 Å². The Hall–Kier alpha value is -2.16. The molecule has 35 heavy (non-hydrogen) atoms. The van der Waals surface area contributed by atoms with Crippen LogP contribution in [-0.2, 0) is 9.47 Å². The second kappa shape index (κ2) is 11.7. The van der Waals surface area contributed by atoms with Gasteiger partial charge >= 0.3 is 0 Å². The molecule has 0 saturated carbocycles. The first-order valence-electron chi connectivity index (χ1n) is 12.8. The molecule has 0 radical (unpaired) electrons. The quantitative estimate of drug-likeness (QED) is 0.383. The van der Waals surface area contributed by atoms with Gasteiger partial charge in [0.1, 0.15) is 0 Å². The number of benzene rings is 2. The van der Waals surface area contributed by atoms with Gasteiger partial charge in [0, 0.05) is 70.3 Å². The summed E-state index contributed by atoms with van der Waals surface area (Å²) in [6, 6.07) is 12.1. The lowest BCUT2D eigenvalue weighted by Gasteiger charge is -2.26. The van der Waals surface area contributed by atoms with Crippen LogP contribution >= 0.6 is 11.3 Å². The van der Waals surface area contributed by atoms with Gasteiger partial charge in [0.15, 0.2) is 11.6 Å². The van der Waals surface area contributed by atoms with Crippen LogP contribution in [0.15, 0.2) is 36.4 Å². The molecule has 186 valence electrons. The van der Waals surface area contributed by atoms with Gasteiger partial charge in [-0.05, 0) is 62.3 Å². The van der Waals surface area contributed by atoms with Gasteiger partial charge in [0.25, 0.3) is 0 Å². The zero-order valence-electron chi connectivity index (χ0n) is 20.3. The molecule has 2 saturated heterocycles. The molecule has 0 unspecified atom stereocenters. The molecule has 1 aromatic heterocycles. The van der Waals surface area contributed by atoms with Crippen molar-refractivity contribution in [2.45, 2.75) is 25.7 Å². The second-order valence-electron chi connectivity index (χ2n) is 9.49. The highest BCUT2D eigenvalue weighted by Crippen LogP contribution is 2.35. The first kappa shape index (κ1) is 24.5. The number of hydrogen-bond acceptors (Lipinski definition) is 7. The fourth-order valence-corrected chi connectivity index (χ4v) is 6.06. The van der Waals surface area contributed by atoms with E-state index < -0.39 is 0 Å². The van der Waals surface area contributed by atoms with Crippen LogP contribution in [0, 0.1) is 0 Å². The van der Waals surface area contributed by atoms with E-state index >= 15 is 0 Å². The maximum Gasteiger partial charge on any atom is 0.162 e. The van der Waals surface area contributed by atoms with Crippen LogP contribution in [0.3, 0.4) is 0 Å². The molecule has 0 aliphatic carbocycles. The lowest BCUT2D eigenvalue weighted by molar-refractivity contribution is 0.0370. The summed E-state index contributed by atoms with van der Waals surface area (Å²) in [6.07, 6.45) is 2.84. The van der Waals surface area contributed by atoms with Crippen LogP contribution in [0.1, 0.15) is 46.4 Å². The van der Waals surface area contributed by atoms with Gasteiger partial charge in [0.2, 0.25) is 0 Å². The summed E-state index contributed by atoms with van der Waals surface area (Å²) in [6.45, 7) is 8.84. The number of thiophene rings is 1. The predicted octanol–water partition coefficient (Wildman–Crippen LogP) is 4.64. The Morgan fingerprint density at radius 1 is 0.686 bits per heavy atom. The molecule has 0 atom stereocenters. The lowest BCUT2D eigenvalue weighted by Crippen LogP contribution is -2.36. The molecular formula is C28H34N2O4S. The fraction of sp³-hybridized carbons (Fsp3) is 0.500. The van der Waals surface area contributed by atoms with Gasteiger partial charge < -0.3 is 9.47 Å². The average molecular weight is 495 g/mol. The van der Waals surface area contributed by atoms with Crippen molar-refractivity contribution in [1.29, 1.82) is 0 Å². The van der Waals surface area contributed by atoms with Gasteiger partial charge in [-0.25, -0.2) is 0 Å². The van der Waals surface area contributed by atoms with E-state index in [1.807, 2.05) is 24.3 Å². The molecule has 0 N–H and O–H groups in total. The van der Waals surface area contributed by atoms with E-state index in [2.05, 4.69) is 21.9 Å². The van der Waals surface area contributed by atoms with Gasteiger partial charge in [-0.2, -0.15) is 0 Å². The molecule has 2 aliphatic heterocycles. The SMILES string of the molecule is O=C(CCCN1CCOCC1)c1ccc2sc3ccc(C(=O)CCCN4CCOCC4)cc3c2c1. The molecule has 0 bridgehead atoms. The summed E-state index contributed by atoms with van der Waals surface area (Å²) in [5.74, 6) is 0.379. The molecule has 3 heterocycles. The van der Waals surface area contributed by atoms with Crippen molar-refractivity contribution in [1.82, 2.24) is 9.80 Å². The van der Waals surface area contributed by atoms with Crippen LogP contribution in [0.25, 0.3) is 20.2 Å². The number of carbonyl (C=O) groups is 2. The van der Waals surface area contributed by atoms with Crippen molar-refractivity contribution >= 4 is 43.1 Å². The summed E-state index contributed by atoms with van der Waals surface area (Å²) in [4.78, 5) is 30.5. The van der Waals surface area contributed by atoms with Gasteiger partial charge in [-0.3, -0.25) is 19.4 Å². The first-order valence-corrected chi connectivity index (χ1v) is 13.6. The van der Waals surface area contributed by atoms with E-state index in [0.29, 0.717) is 12.8 Å². The Morgan fingerprint density at radius 2 is 1.11 bits per heavy atom. The molecule has 5 rings (SSSR count). The van der Waals surface area contributed by atoms with Crippen LogP contribution < -0.4 is 0 Å². The number of fused-ring (bicyclic) bond motifs is 3. The average Bonchev–Trinajstić information content (AvgIpc) is 3.27. The summed E-state index contributed by atoms with van der Waals surface area (Å²) in [5.41, 5.74) is 1.53. The topological polar surface area (TPSA) is 59.1 Å². The zero-order chi connectivity index (χ0) is 24.0. The summed E-state index contributed by atoms with van der Waals surface area (Å²) in [5, 5.41) is 2.15. The van der Waals surface area contributed by atoms with E-state index in [-0.39, 0.29) is 11.6 Å². The van der Waals surface area contributed by atoms with Crippen LogP contribution in [-0.4, -0.2) is 87.1 Å². The van der Waals surface area contributed by atoms with Gasteiger partial charge in [0.05, 0.1) is 26.4 Å². The van der Waals surface area contributed by atoms with Crippen molar-refractivity contribution in [3.8, 4) is 0 Å². The maximum atomic E-state index is 12.9. The fourth-order valence-electron chi connectivity index (χ4n) is 4.99. The molecule has 3 aromatic rings. The normalized spacial score (nSPS) is 17.8. The van der Waals surface area contributed by atoms with Crippen LogP contribution in [0.5, 0.6) is 0 Å². The van der Waals surface area contributed by atoms with Crippen molar-refractivity contribution in [3.63, 3.8) is 0 Å². The molecule has 7 heteroatoms. The third-order valence-corrected chi connectivity index (χ3v) is 8.23. The Bertz CT molecular complexity index is 1090. The molecule has 6 nitrogen and oxygen atoms in total. The van der Waals surface area contributed by atoms with E-state index in [0.717, 1.165) is 110 Å². The smallest absolute Gasteiger partial charge is 0.162 e. The number of carbonyl (C=O) groups excluding carboxylic acids is 2. The van der Waals surface area contributed by atoms with Crippen molar-refractivity contribution in [2.75, 3.05) is 65.7 Å². The number of Topliss-reactive ketones (excluding diaryl/α,β-unsaturated/α-hetero) is 2. The minimum atomic E-state index is 0.190. The number of ether oxygens (including phenoxy) is 2. The number of nitrogens with zero attached hydrogens (tertiary/aromatic N) is 2. The molecule has 0 amide bonds. The molecule has 2 aliphatic rings. The highest BCUT2D eigenvalue weighted by atomic mass is 32.1. The number of morpholine rings is 2. The molecule has 2 fully saturated rings. The number of rotatable bonds is 10. The zero-order valence-corrected chi connectivity index (χ0v) is 21.1. The van der Waals surface area contributed by atoms with Crippen molar-refractivity contribution in [3.05, 3.63) is 47.5 Å². The van der Waals surface area contributed by atoms with Crippen LogP contribution in [0.2, 0.25) is 0 Å². The third kappa shape index (κ3) is 6.16. The molecular weight excluding hydrogens is 460 g/mol. The summed E-state index contributed by atoms with van der Waals surface area (Å²) >= 11 is 1.72. The largest absolute Gasteiger partial charge is 0.379 e. The standard InChI is InChI=1S/C28H34N2O4S/c31-25(3-1-9-29-11-15-33-16-12-29)21-5-7-27-23(19-21)24-20-22(6-8-28(24)35-27)26(32)4-2-10-30-13-17-34-18-14-30/h5-8,19-20H,1-4,9-18H2. The van der Waals surface area contributed by atoms with E-state index in [9.17, 15) is 9.59 Å². The van der Waals surface area contributed by atoms with E-state index in [1.54, 1.807) is 11.3 Å². The molecule has 2 aromatic carbocycles. The van der Waals surface area contributed by atoms with Crippen LogP contribution in [0.4, 0.5) is 0 Å². The van der Waals surface area contributed by atoms with Crippen molar-refractivity contribution in [2.24, 2.45) is 0 Å². The summed E-state index contributed by atoms with van der Waals surface area (Å²) < 4.78 is 13.1. The van der Waals surface area contributed by atoms with E-state index in [1.165, 1.54) is 0 Å². The Kier molecular flexibility index (Phi) is 8.21. The summed E-state index contributed by atoms with van der Waals surface area (Å²) in [7, 11) is 0.